The Kier molecular flexibility index (Phi) is 15.5. The zero-order chi connectivity index (χ0) is 44.5. The highest BCUT2D eigenvalue weighted by atomic mass is 32.2. The van der Waals surface area contributed by atoms with Gasteiger partial charge in [-0.2, -0.15) is 13.0 Å². The lowest BCUT2D eigenvalue weighted by atomic mass is 9.81. The number of methoxy groups -OCH3 is 1. The van der Waals surface area contributed by atoms with Gasteiger partial charge >= 0.3 is 0 Å². The number of aliphatic hydroxyl groups excluding tert-OH is 1. The molecule has 0 aromatic heterocycles. The van der Waals surface area contributed by atoms with Crippen LogP contribution in [-0.2, 0) is 34.5 Å². The van der Waals surface area contributed by atoms with Crippen molar-refractivity contribution in [3.05, 3.63) is 126 Å². The Balaban J connectivity index is 1.30. The van der Waals surface area contributed by atoms with Crippen LogP contribution in [0.5, 0.6) is 5.75 Å². The molecule has 3 aromatic rings. The molecule has 3 aliphatic heterocycles. The Bertz CT molecular complexity index is 2360. The van der Waals surface area contributed by atoms with Crippen LogP contribution in [0.1, 0.15) is 82.6 Å². The molecule has 0 saturated carbocycles. The molecular weight excluding hydrogens is 805 g/mol. The van der Waals surface area contributed by atoms with Gasteiger partial charge in [0.1, 0.15) is 18.1 Å². The molecule has 0 atom stereocenters. The number of allylic oxidation sites excluding steroid dienone is 7. The van der Waals surface area contributed by atoms with Crippen molar-refractivity contribution >= 4 is 44.1 Å². The van der Waals surface area contributed by atoms with Gasteiger partial charge in [-0.05, 0) is 82.9 Å². The molecule has 62 heavy (non-hydrogen) atoms. The molecule has 0 saturated heterocycles. The van der Waals surface area contributed by atoms with Crippen molar-refractivity contribution in [1.82, 2.24) is 0 Å². The van der Waals surface area contributed by atoms with Crippen molar-refractivity contribution in [2.24, 2.45) is 0 Å². The number of anilines is 1. The maximum absolute atomic E-state index is 12.2. The smallest absolute Gasteiger partial charge is 0.294 e. The maximum Gasteiger partial charge on any atom is 0.294 e. The Morgan fingerprint density at radius 1 is 0.887 bits per heavy atom. The molecule has 0 amide bonds. The van der Waals surface area contributed by atoms with Gasteiger partial charge in [-0.15, -0.1) is 0 Å². The number of hydrogen-bond donors (Lipinski definition) is 2. The monoisotopic (exact) mass is 867 g/mol. The lowest BCUT2D eigenvalue weighted by molar-refractivity contribution is -0.438. The molecule has 0 unspecified atom stereocenters. The predicted molar refractivity (Wildman–Crippen MR) is 247 cm³/mol. The molecule has 12 heteroatoms. The Morgan fingerprint density at radius 2 is 1.58 bits per heavy atom. The molecule has 332 valence electrons. The zero-order valence-electron chi connectivity index (χ0n) is 37.1. The maximum atomic E-state index is 12.2. The number of hydrogen-bond acceptors (Lipinski definition) is 9. The summed E-state index contributed by atoms with van der Waals surface area (Å²) in [4.78, 5) is 2.25. The number of unbranched alkanes of at least 4 members (excludes halogenated alkanes) is 2. The Morgan fingerprint density at radius 3 is 2.26 bits per heavy atom. The van der Waals surface area contributed by atoms with Crippen LogP contribution < -0.4 is 9.64 Å². The van der Waals surface area contributed by atoms with E-state index in [1.165, 1.54) is 11.6 Å². The average molecular weight is 868 g/mol. The summed E-state index contributed by atoms with van der Waals surface area (Å²) < 4.78 is 65.6. The van der Waals surface area contributed by atoms with E-state index in [9.17, 15) is 18.1 Å². The quantitative estimate of drug-likeness (QED) is 0.0436. The van der Waals surface area contributed by atoms with Gasteiger partial charge in [-0.3, -0.25) is 4.55 Å². The molecule has 0 aliphatic carbocycles. The van der Waals surface area contributed by atoms with Gasteiger partial charge in [0.25, 0.3) is 10.1 Å². The molecule has 3 aromatic carbocycles. The van der Waals surface area contributed by atoms with E-state index in [4.69, 9.17) is 23.7 Å². The number of nitrogens with zero attached hydrogens (tertiary/aromatic N) is 2. The molecule has 3 heterocycles. The summed E-state index contributed by atoms with van der Waals surface area (Å²) in [5.41, 5.74) is 8.20. The minimum atomic E-state index is -4.39. The largest absolute Gasteiger partial charge is 0.513 e. The lowest BCUT2D eigenvalue weighted by Gasteiger charge is -2.44. The van der Waals surface area contributed by atoms with Crippen LogP contribution >= 0.6 is 0 Å². The summed E-state index contributed by atoms with van der Waals surface area (Å²) in [6, 6.07) is 19.3. The first-order valence-corrected chi connectivity index (χ1v) is 22.9. The van der Waals surface area contributed by atoms with Gasteiger partial charge in [-0.25, -0.2) is 0 Å². The van der Waals surface area contributed by atoms with Crippen molar-refractivity contribution < 1.29 is 46.3 Å². The molecule has 0 fully saturated rings. The van der Waals surface area contributed by atoms with Crippen LogP contribution in [0.15, 0.2) is 108 Å². The van der Waals surface area contributed by atoms with Gasteiger partial charge in [0, 0.05) is 72.6 Å². The van der Waals surface area contributed by atoms with E-state index in [0.29, 0.717) is 65.8 Å². The summed E-state index contributed by atoms with van der Waals surface area (Å²) in [6.45, 7) is 19.4. The highest BCUT2D eigenvalue weighted by molar-refractivity contribution is 7.85. The van der Waals surface area contributed by atoms with E-state index in [0.717, 1.165) is 75.7 Å². The highest BCUT2D eigenvalue weighted by Crippen LogP contribution is 2.47. The van der Waals surface area contributed by atoms with Crippen LogP contribution in [0.25, 0.3) is 16.9 Å². The second kappa shape index (κ2) is 20.6. The van der Waals surface area contributed by atoms with Gasteiger partial charge in [-0.1, -0.05) is 55.1 Å². The summed E-state index contributed by atoms with van der Waals surface area (Å²) in [5.74, 6) is 1.68. The standard InChI is InChI=1S/C50H62N2O9S/c1-36-35-49(3,4)52(23-24-58-27-28-60-30-29-59-26-25-57-7)45-34-47-42(33-41(36)45)39(31-46(61-47)38-16-11-8-12-17-38)18-14-19-48-50(5,6)43-32-40(62(54,55)56)20-21-44(43)51(48)22-13-9-10-15-37(2)53/h8,11-12,14,16-21,31-35H,2,9-10,13,15,22-30H2,1,3-7H3,(H-,53,54,55,56)/p+1. The summed E-state index contributed by atoms with van der Waals surface area (Å²) in [6.07, 6.45) is 13.8. The average Bonchev–Trinajstić information content (AvgIpc) is 3.43. The highest BCUT2D eigenvalue weighted by Gasteiger charge is 2.45. The van der Waals surface area contributed by atoms with Gasteiger partial charge < -0.3 is 33.7 Å². The fraction of sp³-hybridized carbons (Fsp3) is 0.420. The number of benzene rings is 3. The van der Waals surface area contributed by atoms with E-state index >= 15 is 0 Å². The predicted octanol–water partition coefficient (Wildman–Crippen LogP) is 9.71. The lowest BCUT2D eigenvalue weighted by Crippen LogP contribution is -2.46. The molecule has 3 aliphatic rings. The van der Waals surface area contributed by atoms with Crippen molar-refractivity contribution in [1.29, 1.82) is 0 Å². The van der Waals surface area contributed by atoms with Gasteiger partial charge in [0.05, 0.1) is 67.9 Å². The number of aliphatic hydroxyl groups is 1. The van der Waals surface area contributed by atoms with E-state index in [1.54, 1.807) is 19.2 Å². The summed E-state index contributed by atoms with van der Waals surface area (Å²) >= 11 is 0. The molecule has 0 radical (unpaired) electrons. The van der Waals surface area contributed by atoms with Crippen LogP contribution in [-0.4, -0.2) is 100 Å². The minimum absolute atomic E-state index is 0.126. The van der Waals surface area contributed by atoms with E-state index < -0.39 is 15.5 Å². The zero-order valence-corrected chi connectivity index (χ0v) is 37.9. The van der Waals surface area contributed by atoms with E-state index in [2.05, 4.69) is 93.2 Å². The minimum Gasteiger partial charge on any atom is -0.513 e. The van der Waals surface area contributed by atoms with Crippen LogP contribution in [0.4, 0.5) is 11.4 Å². The molecular formula is C50H63N2O9S+. The van der Waals surface area contributed by atoms with Crippen molar-refractivity contribution in [3.63, 3.8) is 0 Å². The van der Waals surface area contributed by atoms with E-state index in [1.807, 2.05) is 30.3 Å². The van der Waals surface area contributed by atoms with Crippen LogP contribution in [0.2, 0.25) is 0 Å². The van der Waals surface area contributed by atoms with Crippen molar-refractivity contribution in [3.8, 4) is 5.75 Å². The van der Waals surface area contributed by atoms with Crippen LogP contribution in [0, 0.1) is 0 Å². The first kappa shape index (κ1) is 46.7. The van der Waals surface area contributed by atoms with Gasteiger partial charge in [0.2, 0.25) is 5.69 Å². The van der Waals surface area contributed by atoms with Crippen molar-refractivity contribution in [2.75, 3.05) is 71.3 Å². The Hall–Kier alpha value is -4.82. The second-order valence-electron chi connectivity index (χ2n) is 17.0. The Labute approximate surface area is 368 Å². The first-order valence-electron chi connectivity index (χ1n) is 21.5. The third kappa shape index (κ3) is 11.2. The first-order chi connectivity index (χ1) is 29.6. The second-order valence-corrected chi connectivity index (χ2v) is 18.4. The molecule has 0 bridgehead atoms. The number of fused-ring (bicyclic) bond motifs is 3. The fourth-order valence-corrected chi connectivity index (χ4v) is 8.99. The van der Waals surface area contributed by atoms with Crippen molar-refractivity contribution in [2.45, 2.75) is 76.2 Å². The summed E-state index contributed by atoms with van der Waals surface area (Å²) in [5, 5.41) is 9.61. The van der Waals surface area contributed by atoms with Crippen LogP contribution in [0.3, 0.4) is 0 Å². The summed E-state index contributed by atoms with van der Waals surface area (Å²) in [7, 11) is -2.74. The van der Waals surface area contributed by atoms with E-state index in [-0.39, 0.29) is 16.2 Å². The topological polar surface area (TPSA) is 127 Å². The SMILES string of the molecule is C=C(O)CCCCC[N+]1=C(C=CC=C2C=C(c3ccccc3)Oc3cc4c(cc32)C(C)=CC(C)(C)N4CCOCCOCCOCCOC)C(C)(C)c2cc(S(=O)(=O)O)ccc21. The van der Waals surface area contributed by atoms with Gasteiger partial charge in [0.15, 0.2) is 5.71 Å². The molecule has 11 nitrogen and oxygen atoms in total. The number of rotatable bonds is 22. The fourth-order valence-electron chi connectivity index (χ4n) is 8.49. The number of ether oxygens (including phenoxy) is 5. The normalized spacial score (nSPS) is 17.1. The molecule has 2 N–H and O–H groups in total. The third-order valence-electron chi connectivity index (χ3n) is 11.6. The molecule has 6 rings (SSSR count). The third-order valence-corrected chi connectivity index (χ3v) is 12.5. The molecule has 0 spiro atoms.